The van der Waals surface area contributed by atoms with Crippen LogP contribution in [0.5, 0.6) is 0 Å². The van der Waals surface area contributed by atoms with Crippen molar-refractivity contribution >= 4 is 17.5 Å². The van der Waals surface area contributed by atoms with E-state index in [1.165, 1.54) is 5.56 Å². The minimum absolute atomic E-state index is 0.0221. The van der Waals surface area contributed by atoms with Crippen molar-refractivity contribution in [3.05, 3.63) is 29.3 Å². The quantitative estimate of drug-likeness (QED) is 0.922. The topological polar surface area (TPSA) is 60.9 Å². The summed E-state index contributed by atoms with van der Waals surface area (Å²) in [5, 5.41) is 9.49. The highest BCUT2D eigenvalue weighted by atomic mass is 16.3. The highest BCUT2D eigenvalue weighted by Gasteiger charge is 2.26. The number of amides is 2. The van der Waals surface area contributed by atoms with Gasteiger partial charge in [0.25, 0.3) is 0 Å². The number of aryl methyl sites for hydroxylation is 1. The molecule has 5 heteroatoms. The Kier molecular flexibility index (Phi) is 4.66. The smallest absolute Gasteiger partial charge is 0.227 e. The maximum Gasteiger partial charge on any atom is 0.227 e. The lowest BCUT2D eigenvalue weighted by Crippen LogP contribution is -2.40. The standard InChI is InChI=1S/C18H24N2O3/c1-13-2-3-14-6-11-20(16(14)12-13)18(23)5-4-17(22)19-9-7-15(21)8-10-19/h2-3,12,15,21H,4-11H2,1H3. The average Bonchev–Trinajstić information content (AvgIpc) is 2.96. The van der Waals surface area contributed by atoms with Gasteiger partial charge in [-0.1, -0.05) is 12.1 Å². The molecule has 0 aromatic heterocycles. The lowest BCUT2D eigenvalue weighted by molar-refractivity contribution is -0.134. The molecule has 1 aromatic carbocycles. The molecule has 0 unspecified atom stereocenters. The third-order valence-corrected chi connectivity index (χ3v) is 4.81. The molecule has 124 valence electrons. The second-order valence-corrected chi connectivity index (χ2v) is 6.54. The van der Waals surface area contributed by atoms with Gasteiger partial charge in [0.1, 0.15) is 0 Å². The van der Waals surface area contributed by atoms with Gasteiger partial charge in [-0.2, -0.15) is 0 Å². The number of piperidine rings is 1. The summed E-state index contributed by atoms with van der Waals surface area (Å²) >= 11 is 0. The van der Waals surface area contributed by atoms with Crippen molar-refractivity contribution in [1.29, 1.82) is 0 Å². The number of carbonyl (C=O) groups excluding carboxylic acids is 2. The Hall–Kier alpha value is -1.88. The van der Waals surface area contributed by atoms with Crippen LogP contribution < -0.4 is 4.90 Å². The minimum atomic E-state index is -0.287. The Morgan fingerprint density at radius 3 is 2.57 bits per heavy atom. The Bertz CT molecular complexity index is 606. The number of fused-ring (bicyclic) bond motifs is 1. The minimum Gasteiger partial charge on any atom is -0.393 e. The monoisotopic (exact) mass is 316 g/mol. The van der Waals surface area contributed by atoms with Crippen molar-refractivity contribution in [3.8, 4) is 0 Å². The molecular formula is C18H24N2O3. The van der Waals surface area contributed by atoms with Gasteiger partial charge < -0.3 is 14.9 Å². The van der Waals surface area contributed by atoms with Gasteiger partial charge in [0.05, 0.1) is 6.10 Å². The molecule has 3 rings (SSSR count). The fourth-order valence-corrected chi connectivity index (χ4v) is 3.37. The molecule has 1 saturated heterocycles. The Labute approximate surface area is 136 Å². The van der Waals surface area contributed by atoms with Crippen LogP contribution in [0.15, 0.2) is 18.2 Å². The summed E-state index contributed by atoms with van der Waals surface area (Å²) in [6.45, 7) is 3.93. The van der Waals surface area contributed by atoms with Gasteiger partial charge in [-0.05, 0) is 43.4 Å². The van der Waals surface area contributed by atoms with E-state index in [0.717, 1.165) is 17.7 Å². The van der Waals surface area contributed by atoms with E-state index in [9.17, 15) is 14.7 Å². The third-order valence-electron chi connectivity index (χ3n) is 4.81. The average molecular weight is 316 g/mol. The summed E-state index contributed by atoms with van der Waals surface area (Å²) in [6.07, 6.45) is 2.39. The highest BCUT2D eigenvalue weighted by Crippen LogP contribution is 2.29. The molecule has 0 spiro atoms. The van der Waals surface area contributed by atoms with Gasteiger partial charge in [0, 0.05) is 38.2 Å². The number of aliphatic hydroxyl groups excluding tert-OH is 1. The molecule has 2 aliphatic heterocycles. The third kappa shape index (κ3) is 3.55. The molecule has 2 aliphatic rings. The van der Waals surface area contributed by atoms with E-state index >= 15 is 0 Å². The fraction of sp³-hybridized carbons (Fsp3) is 0.556. The molecule has 1 fully saturated rings. The highest BCUT2D eigenvalue weighted by molar-refractivity contribution is 5.97. The van der Waals surface area contributed by atoms with E-state index < -0.39 is 0 Å². The first-order valence-electron chi connectivity index (χ1n) is 8.40. The molecule has 23 heavy (non-hydrogen) atoms. The summed E-state index contributed by atoms with van der Waals surface area (Å²) < 4.78 is 0. The van der Waals surface area contributed by atoms with Crippen molar-refractivity contribution in [2.45, 2.75) is 45.1 Å². The number of benzene rings is 1. The van der Waals surface area contributed by atoms with Crippen LogP contribution in [0, 0.1) is 6.92 Å². The summed E-state index contributed by atoms with van der Waals surface area (Å²) in [4.78, 5) is 28.3. The van der Waals surface area contributed by atoms with Gasteiger partial charge in [0.15, 0.2) is 0 Å². The van der Waals surface area contributed by atoms with Crippen molar-refractivity contribution < 1.29 is 14.7 Å². The molecule has 0 radical (unpaired) electrons. The van der Waals surface area contributed by atoms with Gasteiger partial charge in [0.2, 0.25) is 11.8 Å². The fourth-order valence-electron chi connectivity index (χ4n) is 3.37. The number of hydrogen-bond donors (Lipinski definition) is 1. The Morgan fingerprint density at radius 2 is 1.83 bits per heavy atom. The van der Waals surface area contributed by atoms with Crippen LogP contribution in [-0.2, 0) is 16.0 Å². The van der Waals surface area contributed by atoms with Crippen LogP contribution in [0.2, 0.25) is 0 Å². The van der Waals surface area contributed by atoms with E-state index in [0.29, 0.717) is 32.5 Å². The molecule has 0 saturated carbocycles. The molecule has 1 aromatic rings. The first kappa shape index (κ1) is 16.0. The number of aliphatic hydroxyl groups is 1. The van der Waals surface area contributed by atoms with Crippen molar-refractivity contribution in [2.75, 3.05) is 24.5 Å². The number of rotatable bonds is 3. The molecule has 2 heterocycles. The summed E-state index contributed by atoms with van der Waals surface area (Å²) in [5.41, 5.74) is 3.36. The predicted molar refractivity (Wildman–Crippen MR) is 88.3 cm³/mol. The number of nitrogens with zero attached hydrogens (tertiary/aromatic N) is 2. The largest absolute Gasteiger partial charge is 0.393 e. The van der Waals surface area contributed by atoms with E-state index in [1.807, 2.05) is 17.9 Å². The Balaban J connectivity index is 1.55. The van der Waals surface area contributed by atoms with Gasteiger partial charge >= 0.3 is 0 Å². The van der Waals surface area contributed by atoms with Gasteiger partial charge in [-0.25, -0.2) is 0 Å². The zero-order chi connectivity index (χ0) is 16.4. The van der Waals surface area contributed by atoms with Gasteiger partial charge in [-0.3, -0.25) is 9.59 Å². The predicted octanol–water partition coefficient (Wildman–Crippen LogP) is 1.65. The number of likely N-dealkylation sites (tertiary alicyclic amines) is 1. The van der Waals surface area contributed by atoms with E-state index in [-0.39, 0.29) is 30.8 Å². The van der Waals surface area contributed by atoms with E-state index in [4.69, 9.17) is 0 Å². The molecule has 0 aliphatic carbocycles. The van der Waals surface area contributed by atoms with Crippen LogP contribution in [0.4, 0.5) is 5.69 Å². The lowest BCUT2D eigenvalue weighted by Gasteiger charge is -2.29. The Morgan fingerprint density at radius 1 is 1.13 bits per heavy atom. The van der Waals surface area contributed by atoms with Crippen LogP contribution in [-0.4, -0.2) is 47.6 Å². The number of hydrogen-bond acceptors (Lipinski definition) is 3. The molecule has 0 bridgehead atoms. The van der Waals surface area contributed by atoms with E-state index in [1.54, 1.807) is 4.90 Å². The van der Waals surface area contributed by atoms with Crippen LogP contribution in [0.25, 0.3) is 0 Å². The van der Waals surface area contributed by atoms with Crippen molar-refractivity contribution in [1.82, 2.24) is 4.90 Å². The van der Waals surface area contributed by atoms with Crippen LogP contribution in [0.3, 0.4) is 0 Å². The number of carbonyl (C=O) groups is 2. The summed E-state index contributed by atoms with van der Waals surface area (Å²) in [5.74, 6) is 0.0497. The molecule has 1 N–H and O–H groups in total. The molecule has 5 nitrogen and oxygen atoms in total. The number of anilines is 1. The lowest BCUT2D eigenvalue weighted by atomic mass is 10.1. The first-order chi connectivity index (χ1) is 11.0. The summed E-state index contributed by atoms with van der Waals surface area (Å²) in [6, 6.07) is 6.21. The molecule has 0 atom stereocenters. The normalized spacial score (nSPS) is 18.2. The SMILES string of the molecule is Cc1ccc2c(c1)N(C(=O)CCC(=O)N1CCC(O)CC1)CC2. The summed E-state index contributed by atoms with van der Waals surface area (Å²) in [7, 11) is 0. The maximum atomic E-state index is 12.5. The first-order valence-corrected chi connectivity index (χ1v) is 8.40. The van der Waals surface area contributed by atoms with Crippen LogP contribution >= 0.6 is 0 Å². The zero-order valence-electron chi connectivity index (χ0n) is 13.6. The maximum absolute atomic E-state index is 12.5. The van der Waals surface area contributed by atoms with Gasteiger partial charge in [-0.15, -0.1) is 0 Å². The molecule has 2 amide bonds. The van der Waals surface area contributed by atoms with Crippen molar-refractivity contribution in [2.24, 2.45) is 0 Å². The molecular weight excluding hydrogens is 292 g/mol. The zero-order valence-corrected chi connectivity index (χ0v) is 13.6. The second kappa shape index (κ2) is 6.71. The van der Waals surface area contributed by atoms with Crippen LogP contribution in [0.1, 0.15) is 36.8 Å². The van der Waals surface area contributed by atoms with E-state index in [2.05, 4.69) is 12.1 Å². The second-order valence-electron chi connectivity index (χ2n) is 6.54. The van der Waals surface area contributed by atoms with Crippen molar-refractivity contribution in [3.63, 3.8) is 0 Å².